The van der Waals surface area contributed by atoms with Gasteiger partial charge in [-0.2, -0.15) is 0 Å². The van der Waals surface area contributed by atoms with Crippen molar-refractivity contribution in [2.45, 2.75) is 33.1 Å². The van der Waals surface area contributed by atoms with Crippen molar-refractivity contribution in [3.05, 3.63) is 36.4 Å². The molecule has 4 heteroatoms. The Hall–Kier alpha value is -2.07. The smallest absolute Gasteiger partial charge is 0.238 e. The molecule has 23 heavy (non-hydrogen) atoms. The highest BCUT2D eigenvalue weighted by Gasteiger charge is 2.26. The summed E-state index contributed by atoms with van der Waals surface area (Å²) >= 11 is 0. The first-order valence-corrected chi connectivity index (χ1v) is 8.42. The largest absolute Gasteiger partial charge is 0.492 e. The lowest BCUT2D eigenvalue weighted by Gasteiger charge is -2.38. The highest BCUT2D eigenvalue weighted by Crippen LogP contribution is 2.38. The second-order valence-corrected chi connectivity index (χ2v) is 5.91. The summed E-state index contributed by atoms with van der Waals surface area (Å²) in [5, 5.41) is 6.16. The van der Waals surface area contributed by atoms with E-state index >= 15 is 0 Å². The Balaban J connectivity index is 2.16. The molecule has 1 heterocycles. The molecule has 0 saturated carbocycles. The highest BCUT2D eigenvalue weighted by molar-refractivity contribution is 6.05. The summed E-state index contributed by atoms with van der Waals surface area (Å²) in [6, 6.07) is 12.2. The van der Waals surface area contributed by atoms with Gasteiger partial charge < -0.3 is 4.74 Å². The number of anilines is 1. The number of piperidine rings is 1. The van der Waals surface area contributed by atoms with Gasteiger partial charge in [-0.05, 0) is 31.2 Å². The van der Waals surface area contributed by atoms with E-state index in [1.165, 1.54) is 6.42 Å². The first kappa shape index (κ1) is 15.8. The number of benzene rings is 2. The summed E-state index contributed by atoms with van der Waals surface area (Å²) in [5.74, 6) is 0.802. The van der Waals surface area contributed by atoms with E-state index < -0.39 is 0 Å². The SMILES string of the molecule is CCOc1ccc2ccccc2c1N(C(C)=O)N1CCCCC1. The number of rotatable bonds is 4. The number of hydrogen-bond donors (Lipinski definition) is 0. The lowest BCUT2D eigenvalue weighted by atomic mass is 10.1. The van der Waals surface area contributed by atoms with Crippen LogP contribution in [0.15, 0.2) is 36.4 Å². The maximum atomic E-state index is 12.5. The molecule has 0 aromatic heterocycles. The van der Waals surface area contributed by atoms with Gasteiger partial charge in [-0.15, -0.1) is 0 Å². The van der Waals surface area contributed by atoms with Gasteiger partial charge in [0, 0.05) is 25.4 Å². The lowest BCUT2D eigenvalue weighted by molar-refractivity contribution is -0.119. The van der Waals surface area contributed by atoms with E-state index in [9.17, 15) is 4.79 Å². The van der Waals surface area contributed by atoms with Gasteiger partial charge in [-0.3, -0.25) is 4.79 Å². The molecule has 0 unspecified atom stereocenters. The van der Waals surface area contributed by atoms with E-state index in [0.717, 1.165) is 48.1 Å². The lowest BCUT2D eigenvalue weighted by Crippen LogP contribution is -2.48. The topological polar surface area (TPSA) is 32.8 Å². The molecular formula is C19H24N2O2. The van der Waals surface area contributed by atoms with Crippen LogP contribution in [0, 0.1) is 0 Å². The van der Waals surface area contributed by atoms with Crippen LogP contribution in [0.5, 0.6) is 5.75 Å². The molecule has 2 aromatic rings. The van der Waals surface area contributed by atoms with E-state index in [1.54, 1.807) is 6.92 Å². The fourth-order valence-corrected chi connectivity index (χ4v) is 3.30. The van der Waals surface area contributed by atoms with Gasteiger partial charge in [0.25, 0.3) is 0 Å². The molecule has 1 aliphatic heterocycles. The fourth-order valence-electron chi connectivity index (χ4n) is 3.30. The van der Waals surface area contributed by atoms with Crippen LogP contribution in [0.2, 0.25) is 0 Å². The second-order valence-electron chi connectivity index (χ2n) is 5.91. The number of amides is 1. The molecule has 122 valence electrons. The quantitative estimate of drug-likeness (QED) is 0.855. The van der Waals surface area contributed by atoms with E-state index in [4.69, 9.17) is 4.74 Å². The predicted molar refractivity (Wildman–Crippen MR) is 93.7 cm³/mol. The monoisotopic (exact) mass is 312 g/mol. The zero-order valence-corrected chi connectivity index (χ0v) is 13.9. The van der Waals surface area contributed by atoms with Crippen molar-refractivity contribution in [2.24, 2.45) is 0 Å². The highest BCUT2D eigenvalue weighted by atomic mass is 16.5. The van der Waals surface area contributed by atoms with Crippen LogP contribution in [0.1, 0.15) is 33.1 Å². The molecule has 1 amide bonds. The van der Waals surface area contributed by atoms with E-state index in [0.29, 0.717) is 6.61 Å². The maximum Gasteiger partial charge on any atom is 0.238 e. The van der Waals surface area contributed by atoms with Gasteiger partial charge in [-0.25, -0.2) is 10.0 Å². The summed E-state index contributed by atoms with van der Waals surface area (Å²) in [6.07, 6.45) is 3.48. The minimum absolute atomic E-state index is 0.0317. The molecule has 2 aromatic carbocycles. The minimum Gasteiger partial charge on any atom is -0.492 e. The normalized spacial score (nSPS) is 15.6. The van der Waals surface area contributed by atoms with Gasteiger partial charge in [0.15, 0.2) is 0 Å². The van der Waals surface area contributed by atoms with Crippen LogP contribution in [0.25, 0.3) is 10.8 Å². The van der Waals surface area contributed by atoms with Crippen molar-refractivity contribution in [1.29, 1.82) is 0 Å². The summed E-state index contributed by atoms with van der Waals surface area (Å²) < 4.78 is 5.85. The number of ether oxygens (including phenoxy) is 1. The molecule has 0 N–H and O–H groups in total. The fraction of sp³-hybridized carbons (Fsp3) is 0.421. The molecule has 0 radical (unpaired) electrons. The van der Waals surface area contributed by atoms with Crippen LogP contribution in [-0.4, -0.2) is 30.6 Å². The predicted octanol–water partition coefficient (Wildman–Crippen LogP) is 3.99. The number of hydrogen-bond acceptors (Lipinski definition) is 3. The number of fused-ring (bicyclic) bond motifs is 1. The number of nitrogens with zero attached hydrogens (tertiary/aromatic N) is 2. The molecule has 1 fully saturated rings. The molecule has 0 bridgehead atoms. The van der Waals surface area contributed by atoms with Crippen LogP contribution in [0.3, 0.4) is 0 Å². The number of carbonyl (C=O) groups is 1. The molecule has 0 aliphatic carbocycles. The van der Waals surface area contributed by atoms with E-state index in [1.807, 2.05) is 30.1 Å². The van der Waals surface area contributed by atoms with Gasteiger partial charge >= 0.3 is 0 Å². The Bertz CT molecular complexity index is 693. The Morgan fingerprint density at radius 2 is 1.87 bits per heavy atom. The second kappa shape index (κ2) is 7.01. The molecule has 0 atom stereocenters. The minimum atomic E-state index is 0.0317. The first-order chi connectivity index (χ1) is 11.2. The van der Waals surface area contributed by atoms with Crippen molar-refractivity contribution >= 4 is 22.4 Å². The maximum absolute atomic E-state index is 12.5. The van der Waals surface area contributed by atoms with E-state index in [2.05, 4.69) is 23.2 Å². The van der Waals surface area contributed by atoms with Crippen molar-refractivity contribution < 1.29 is 9.53 Å². The Morgan fingerprint density at radius 3 is 2.57 bits per heavy atom. The summed E-state index contributed by atoms with van der Waals surface area (Å²) in [4.78, 5) is 12.5. The van der Waals surface area contributed by atoms with Gasteiger partial charge in [0.1, 0.15) is 11.4 Å². The average molecular weight is 312 g/mol. The van der Waals surface area contributed by atoms with Crippen LogP contribution < -0.4 is 9.75 Å². The number of hydrazine groups is 1. The standard InChI is InChI=1S/C19H24N2O2/c1-3-23-18-12-11-16-9-5-6-10-17(16)19(18)21(15(2)22)20-13-7-4-8-14-20/h5-6,9-12H,3-4,7-8,13-14H2,1-2H3. The zero-order chi connectivity index (χ0) is 16.2. The third-order valence-corrected chi connectivity index (χ3v) is 4.29. The van der Waals surface area contributed by atoms with Gasteiger partial charge in [0.2, 0.25) is 5.91 Å². The molecule has 4 nitrogen and oxygen atoms in total. The summed E-state index contributed by atoms with van der Waals surface area (Å²) in [7, 11) is 0. The third-order valence-electron chi connectivity index (χ3n) is 4.29. The van der Waals surface area contributed by atoms with Crippen molar-refractivity contribution in [3.8, 4) is 5.75 Å². The zero-order valence-electron chi connectivity index (χ0n) is 13.9. The van der Waals surface area contributed by atoms with Crippen LogP contribution in [0.4, 0.5) is 5.69 Å². The molecular weight excluding hydrogens is 288 g/mol. The molecule has 1 saturated heterocycles. The van der Waals surface area contributed by atoms with Crippen molar-refractivity contribution in [2.75, 3.05) is 24.7 Å². The van der Waals surface area contributed by atoms with Crippen molar-refractivity contribution in [3.63, 3.8) is 0 Å². The first-order valence-electron chi connectivity index (χ1n) is 8.42. The Morgan fingerprint density at radius 1 is 1.13 bits per heavy atom. The van der Waals surface area contributed by atoms with E-state index in [-0.39, 0.29) is 5.91 Å². The Kier molecular flexibility index (Phi) is 4.82. The third kappa shape index (κ3) is 3.17. The average Bonchev–Trinajstić information content (AvgIpc) is 2.57. The van der Waals surface area contributed by atoms with Gasteiger partial charge in [0.05, 0.1) is 6.61 Å². The Labute approximate surface area is 137 Å². The van der Waals surface area contributed by atoms with Crippen LogP contribution in [-0.2, 0) is 4.79 Å². The molecule has 1 aliphatic rings. The van der Waals surface area contributed by atoms with Gasteiger partial charge in [-0.1, -0.05) is 36.8 Å². The van der Waals surface area contributed by atoms with Crippen molar-refractivity contribution in [1.82, 2.24) is 5.01 Å². The summed E-state index contributed by atoms with van der Waals surface area (Å²) in [5.41, 5.74) is 0.874. The summed E-state index contributed by atoms with van der Waals surface area (Å²) in [6.45, 7) is 6.00. The molecule has 3 rings (SSSR count). The number of carbonyl (C=O) groups excluding carboxylic acids is 1. The van der Waals surface area contributed by atoms with Crippen LogP contribution >= 0.6 is 0 Å². The molecule has 0 spiro atoms.